The molecule has 0 aliphatic carbocycles. The highest BCUT2D eigenvalue weighted by Gasteiger charge is 2.13. The molecule has 1 amide bonds. The van der Waals surface area contributed by atoms with E-state index in [2.05, 4.69) is 15.6 Å². The topological polar surface area (TPSA) is 67.2 Å². The van der Waals surface area contributed by atoms with Crippen molar-refractivity contribution >= 4 is 63.2 Å². The predicted molar refractivity (Wildman–Crippen MR) is 124 cm³/mol. The molecular formula is C22H15Cl2N3O2S. The maximum atomic E-state index is 12.3. The lowest BCUT2D eigenvalue weighted by Gasteiger charge is -2.09. The molecule has 3 aromatic carbocycles. The van der Waals surface area contributed by atoms with Gasteiger partial charge in [-0.1, -0.05) is 40.9 Å². The zero-order chi connectivity index (χ0) is 21.3. The van der Waals surface area contributed by atoms with Gasteiger partial charge >= 0.3 is 0 Å². The van der Waals surface area contributed by atoms with Gasteiger partial charge in [0.15, 0.2) is 10.7 Å². The number of aromatic nitrogens is 1. The van der Waals surface area contributed by atoms with Gasteiger partial charge in [0.25, 0.3) is 5.91 Å². The number of aryl methyl sites for hydroxylation is 1. The van der Waals surface area contributed by atoms with Gasteiger partial charge in [-0.3, -0.25) is 10.1 Å². The number of hydrogen-bond acceptors (Lipinski definition) is 4. The molecule has 0 fully saturated rings. The van der Waals surface area contributed by atoms with Crippen LogP contribution in [-0.2, 0) is 0 Å². The van der Waals surface area contributed by atoms with Crippen LogP contribution in [0.3, 0.4) is 0 Å². The Bertz CT molecular complexity index is 1270. The van der Waals surface area contributed by atoms with Gasteiger partial charge in [-0.05, 0) is 67.7 Å². The number of nitrogens with one attached hydrogen (secondary N) is 2. The fourth-order valence-electron chi connectivity index (χ4n) is 2.82. The number of oxazole rings is 1. The van der Waals surface area contributed by atoms with E-state index >= 15 is 0 Å². The summed E-state index contributed by atoms with van der Waals surface area (Å²) in [7, 11) is 0. The SMILES string of the molecule is Cc1ccc(C(=O)NC(=S)Nc2ccc3oc(-c4cc(Cl)ccc4Cl)nc3c2)cc1. The Morgan fingerprint density at radius 1 is 1.03 bits per heavy atom. The maximum Gasteiger partial charge on any atom is 0.257 e. The van der Waals surface area contributed by atoms with Crippen LogP contribution in [0.2, 0.25) is 10.0 Å². The molecule has 1 aromatic heterocycles. The molecule has 0 atom stereocenters. The van der Waals surface area contributed by atoms with Crippen molar-refractivity contribution in [2.24, 2.45) is 0 Å². The lowest BCUT2D eigenvalue weighted by Crippen LogP contribution is -2.34. The van der Waals surface area contributed by atoms with Crippen LogP contribution < -0.4 is 10.6 Å². The van der Waals surface area contributed by atoms with E-state index in [0.717, 1.165) is 5.56 Å². The molecule has 0 bridgehead atoms. The number of thiocarbonyl (C=S) groups is 1. The summed E-state index contributed by atoms with van der Waals surface area (Å²) in [6.45, 7) is 1.96. The first-order chi connectivity index (χ1) is 14.4. The molecule has 2 N–H and O–H groups in total. The summed E-state index contributed by atoms with van der Waals surface area (Å²) in [4.78, 5) is 16.8. The lowest BCUT2D eigenvalue weighted by atomic mass is 10.1. The molecule has 0 aliphatic rings. The minimum absolute atomic E-state index is 0.182. The number of benzene rings is 3. The van der Waals surface area contributed by atoms with Crippen molar-refractivity contribution in [1.82, 2.24) is 10.3 Å². The first-order valence-electron chi connectivity index (χ1n) is 8.94. The Morgan fingerprint density at radius 2 is 1.80 bits per heavy atom. The Labute approximate surface area is 188 Å². The van der Waals surface area contributed by atoms with Crippen LogP contribution in [0, 0.1) is 6.92 Å². The zero-order valence-electron chi connectivity index (χ0n) is 15.7. The fourth-order valence-corrected chi connectivity index (χ4v) is 3.41. The van der Waals surface area contributed by atoms with E-state index < -0.39 is 0 Å². The summed E-state index contributed by atoms with van der Waals surface area (Å²) in [5.41, 5.74) is 4.07. The summed E-state index contributed by atoms with van der Waals surface area (Å²) in [5.74, 6) is 0.0813. The molecule has 1 heterocycles. The van der Waals surface area contributed by atoms with Gasteiger partial charge in [-0.2, -0.15) is 0 Å². The van der Waals surface area contributed by atoms with E-state index in [9.17, 15) is 4.79 Å². The van der Waals surface area contributed by atoms with E-state index in [1.165, 1.54) is 0 Å². The van der Waals surface area contributed by atoms with Gasteiger partial charge in [0, 0.05) is 16.3 Å². The minimum Gasteiger partial charge on any atom is -0.436 e. The molecule has 30 heavy (non-hydrogen) atoms. The molecule has 8 heteroatoms. The van der Waals surface area contributed by atoms with Crippen LogP contribution in [0.25, 0.3) is 22.6 Å². The summed E-state index contributed by atoms with van der Waals surface area (Å²) in [5, 5.41) is 6.86. The van der Waals surface area contributed by atoms with Crippen molar-refractivity contribution in [3.8, 4) is 11.5 Å². The normalized spacial score (nSPS) is 10.8. The van der Waals surface area contributed by atoms with Gasteiger partial charge in [-0.15, -0.1) is 0 Å². The van der Waals surface area contributed by atoms with E-state index in [4.69, 9.17) is 39.8 Å². The maximum absolute atomic E-state index is 12.3. The summed E-state index contributed by atoms with van der Waals surface area (Å²) >= 11 is 17.5. The molecule has 4 rings (SSSR count). The van der Waals surface area contributed by atoms with Gasteiger partial charge in [0.1, 0.15) is 5.52 Å². The Morgan fingerprint density at radius 3 is 2.57 bits per heavy atom. The van der Waals surface area contributed by atoms with Gasteiger partial charge in [0.2, 0.25) is 5.89 Å². The Hall–Kier alpha value is -2.93. The molecule has 150 valence electrons. The zero-order valence-corrected chi connectivity index (χ0v) is 18.0. The predicted octanol–water partition coefficient (Wildman–Crippen LogP) is 6.24. The summed E-state index contributed by atoms with van der Waals surface area (Å²) in [6, 6.07) is 17.6. The number of amides is 1. The van der Waals surface area contributed by atoms with Crippen molar-refractivity contribution in [3.63, 3.8) is 0 Å². The van der Waals surface area contributed by atoms with Crippen LogP contribution in [0.15, 0.2) is 65.1 Å². The molecule has 5 nitrogen and oxygen atoms in total. The number of rotatable bonds is 3. The van der Waals surface area contributed by atoms with Crippen molar-refractivity contribution < 1.29 is 9.21 Å². The van der Waals surface area contributed by atoms with Crippen molar-refractivity contribution in [1.29, 1.82) is 0 Å². The second-order valence-corrected chi connectivity index (χ2v) is 7.85. The Kier molecular flexibility index (Phi) is 5.72. The van der Waals surface area contributed by atoms with Crippen LogP contribution in [0.1, 0.15) is 15.9 Å². The van der Waals surface area contributed by atoms with Crippen molar-refractivity contribution in [2.75, 3.05) is 5.32 Å². The third kappa shape index (κ3) is 4.46. The van der Waals surface area contributed by atoms with Crippen LogP contribution in [0.5, 0.6) is 0 Å². The minimum atomic E-state index is -0.284. The van der Waals surface area contributed by atoms with Crippen LogP contribution >= 0.6 is 35.4 Å². The molecule has 0 saturated carbocycles. The highest BCUT2D eigenvalue weighted by Crippen LogP contribution is 2.32. The average Bonchev–Trinajstić information content (AvgIpc) is 3.13. The smallest absolute Gasteiger partial charge is 0.257 e. The molecule has 0 spiro atoms. The second-order valence-electron chi connectivity index (χ2n) is 6.60. The number of halogens is 2. The summed E-state index contributed by atoms with van der Waals surface area (Å²) in [6.07, 6.45) is 0. The van der Waals surface area contributed by atoms with Crippen LogP contribution in [0.4, 0.5) is 5.69 Å². The number of carbonyl (C=O) groups excluding carboxylic acids is 1. The molecule has 0 radical (unpaired) electrons. The third-order valence-electron chi connectivity index (χ3n) is 4.35. The third-order valence-corrected chi connectivity index (χ3v) is 5.11. The second kappa shape index (κ2) is 8.44. The molecule has 0 unspecified atom stereocenters. The molecule has 0 aliphatic heterocycles. The summed E-state index contributed by atoms with van der Waals surface area (Å²) < 4.78 is 5.80. The first kappa shape index (κ1) is 20.3. The van der Waals surface area contributed by atoms with Gasteiger partial charge in [0.05, 0.1) is 10.6 Å². The van der Waals surface area contributed by atoms with Crippen molar-refractivity contribution in [3.05, 3.63) is 81.8 Å². The lowest BCUT2D eigenvalue weighted by molar-refractivity contribution is 0.0977. The molecule has 4 aromatic rings. The largest absolute Gasteiger partial charge is 0.436 e. The Balaban J connectivity index is 1.51. The van der Waals surface area contributed by atoms with Crippen LogP contribution in [-0.4, -0.2) is 16.0 Å². The van der Waals surface area contributed by atoms with E-state index in [0.29, 0.717) is 43.9 Å². The van der Waals surface area contributed by atoms with Gasteiger partial charge < -0.3 is 9.73 Å². The number of anilines is 1. The molecular weight excluding hydrogens is 441 g/mol. The monoisotopic (exact) mass is 455 g/mol. The number of fused-ring (bicyclic) bond motifs is 1. The highest BCUT2D eigenvalue weighted by molar-refractivity contribution is 7.80. The first-order valence-corrected chi connectivity index (χ1v) is 10.1. The number of carbonyl (C=O) groups is 1. The van der Waals surface area contributed by atoms with Gasteiger partial charge in [-0.25, -0.2) is 4.98 Å². The average molecular weight is 456 g/mol. The fraction of sp³-hybridized carbons (Fsp3) is 0.0455. The number of nitrogens with zero attached hydrogens (tertiary/aromatic N) is 1. The number of hydrogen-bond donors (Lipinski definition) is 2. The quantitative estimate of drug-likeness (QED) is 0.358. The molecule has 0 saturated heterocycles. The van der Waals surface area contributed by atoms with E-state index in [-0.39, 0.29) is 11.0 Å². The van der Waals surface area contributed by atoms with E-state index in [1.807, 2.05) is 19.1 Å². The van der Waals surface area contributed by atoms with Crippen molar-refractivity contribution in [2.45, 2.75) is 6.92 Å². The highest BCUT2D eigenvalue weighted by atomic mass is 35.5. The van der Waals surface area contributed by atoms with E-state index in [1.54, 1.807) is 48.5 Å². The standard InChI is InChI=1S/C22H15Cl2N3O2S/c1-12-2-4-13(5-3-12)20(28)27-22(30)25-15-7-9-19-18(11-15)26-21(29-19)16-10-14(23)6-8-17(16)24/h2-11H,1H3,(H2,25,27,28,30).